The quantitative estimate of drug-likeness (QED) is 0.181. The number of likely N-dealkylation sites (tertiary alicyclic amines) is 2. The number of carbonyl (C=O) groups is 2. The number of hydrogen-bond donors (Lipinski definition) is 1. The first-order chi connectivity index (χ1) is 20.9. The summed E-state index contributed by atoms with van der Waals surface area (Å²) >= 11 is 0. The van der Waals surface area contributed by atoms with Gasteiger partial charge in [0.05, 0.1) is 4.92 Å². The van der Waals surface area contributed by atoms with Gasteiger partial charge >= 0.3 is 6.09 Å². The summed E-state index contributed by atoms with van der Waals surface area (Å²) in [5.74, 6) is 1.13. The van der Waals surface area contributed by atoms with Crippen LogP contribution in [0.1, 0.15) is 40.2 Å². The number of benzene rings is 3. The molecule has 2 heterocycles. The second-order valence-electron chi connectivity index (χ2n) is 11.5. The van der Waals surface area contributed by atoms with E-state index in [4.69, 9.17) is 0 Å². The number of carbonyl (C=O) groups excluding carboxylic acids is 1. The number of piperidine rings is 1. The van der Waals surface area contributed by atoms with Crippen molar-refractivity contribution in [1.82, 2.24) is 14.7 Å². The van der Waals surface area contributed by atoms with Crippen molar-refractivity contribution in [3.63, 3.8) is 0 Å². The van der Waals surface area contributed by atoms with Gasteiger partial charge in [-0.15, -0.1) is 0 Å². The predicted octanol–water partition coefficient (Wildman–Crippen LogP) is 5.90. The number of hydrogen-bond acceptors (Lipinski definition) is 5. The summed E-state index contributed by atoms with van der Waals surface area (Å²) < 4.78 is 0. The maximum atomic E-state index is 13.3. The molecule has 3 aromatic carbocycles. The fraction of sp³-hybridized carbons (Fsp3) is 0.353. The summed E-state index contributed by atoms with van der Waals surface area (Å²) in [6, 6.07) is 26.0. The molecule has 0 spiro atoms. The summed E-state index contributed by atoms with van der Waals surface area (Å²) in [6.45, 7) is 4.77. The molecule has 0 bridgehead atoms. The number of allylic oxidation sites excluding steroid dienone is 1. The van der Waals surface area contributed by atoms with Crippen LogP contribution in [0, 0.1) is 22.0 Å². The van der Waals surface area contributed by atoms with Crippen LogP contribution in [0.3, 0.4) is 0 Å². The summed E-state index contributed by atoms with van der Waals surface area (Å²) in [5, 5.41) is 20.5. The zero-order valence-electron chi connectivity index (χ0n) is 24.2. The molecule has 0 aromatic heterocycles. The lowest BCUT2D eigenvalue weighted by Gasteiger charge is -2.33. The highest BCUT2D eigenvalue weighted by molar-refractivity contribution is 5.94. The number of carboxylic acid groups (broad SMARTS) is 1. The molecular formula is C34H38N4O5. The number of nitrogens with zero attached hydrogens (tertiary/aromatic N) is 4. The van der Waals surface area contributed by atoms with Crippen molar-refractivity contribution in [3.05, 3.63) is 124 Å². The van der Waals surface area contributed by atoms with Crippen molar-refractivity contribution < 1.29 is 19.6 Å². The molecule has 2 fully saturated rings. The minimum Gasteiger partial charge on any atom is -0.465 e. The van der Waals surface area contributed by atoms with Crippen LogP contribution in [0.5, 0.6) is 0 Å². The lowest BCUT2D eigenvalue weighted by atomic mass is 9.87. The van der Waals surface area contributed by atoms with Crippen molar-refractivity contribution in [3.8, 4) is 0 Å². The first-order valence-electron chi connectivity index (χ1n) is 14.9. The van der Waals surface area contributed by atoms with Crippen molar-refractivity contribution in [2.45, 2.75) is 25.3 Å². The SMILES string of the molecule is O=C(O)N(CC=CC1CCN(C[C@H]2CN(C(=O)c3ccccc3)C[C@@H]2c2ccccc2)CC1)Cc1ccc([N+](=O)[O-])cc1. The zero-order chi connectivity index (χ0) is 30.2. The predicted molar refractivity (Wildman–Crippen MR) is 165 cm³/mol. The third-order valence-electron chi connectivity index (χ3n) is 8.63. The van der Waals surface area contributed by atoms with E-state index in [1.807, 2.05) is 47.4 Å². The van der Waals surface area contributed by atoms with E-state index in [1.165, 1.54) is 22.6 Å². The van der Waals surface area contributed by atoms with Crippen molar-refractivity contribution in [2.75, 3.05) is 39.3 Å². The minimum atomic E-state index is -1.03. The molecular weight excluding hydrogens is 544 g/mol. The highest BCUT2D eigenvalue weighted by atomic mass is 16.6. The summed E-state index contributed by atoms with van der Waals surface area (Å²) in [5.41, 5.74) is 2.71. The molecule has 0 unspecified atom stereocenters. The molecule has 0 saturated carbocycles. The van der Waals surface area contributed by atoms with E-state index in [2.05, 4.69) is 35.2 Å². The van der Waals surface area contributed by atoms with Crippen molar-refractivity contribution in [2.24, 2.45) is 11.8 Å². The molecule has 2 amide bonds. The molecule has 0 aliphatic carbocycles. The Labute approximate surface area is 252 Å². The Bertz CT molecular complexity index is 1410. The van der Waals surface area contributed by atoms with E-state index >= 15 is 0 Å². The summed E-state index contributed by atoms with van der Waals surface area (Å²) in [7, 11) is 0. The van der Waals surface area contributed by atoms with Crippen LogP contribution in [-0.4, -0.2) is 76.0 Å². The van der Waals surface area contributed by atoms with Gasteiger partial charge in [0, 0.05) is 56.3 Å². The van der Waals surface area contributed by atoms with Gasteiger partial charge in [-0.2, -0.15) is 0 Å². The van der Waals surface area contributed by atoms with Gasteiger partial charge in [0.25, 0.3) is 11.6 Å². The maximum Gasteiger partial charge on any atom is 0.407 e. The van der Waals surface area contributed by atoms with Gasteiger partial charge in [-0.3, -0.25) is 14.9 Å². The van der Waals surface area contributed by atoms with Crippen LogP contribution in [0.4, 0.5) is 10.5 Å². The molecule has 0 radical (unpaired) electrons. The standard InChI is InChI=1S/C34H38N4O5/c39-33(29-11-5-2-6-12-29)37-24-30(32(25-37)28-9-3-1-4-10-28)23-35-20-17-26(18-21-35)8-7-19-36(34(40)41)22-27-13-15-31(16-14-27)38(42)43/h1-16,26,30,32H,17-25H2,(H,40,41)/t30-,32+/m0/s1. The van der Waals surface area contributed by atoms with Gasteiger partial charge in [0.15, 0.2) is 0 Å². The molecule has 3 aromatic rings. The smallest absolute Gasteiger partial charge is 0.407 e. The van der Waals surface area contributed by atoms with E-state index in [0.717, 1.165) is 51.1 Å². The van der Waals surface area contributed by atoms with Crippen molar-refractivity contribution >= 4 is 17.7 Å². The second-order valence-corrected chi connectivity index (χ2v) is 11.5. The monoisotopic (exact) mass is 582 g/mol. The first-order valence-corrected chi connectivity index (χ1v) is 14.9. The Morgan fingerprint density at radius 1 is 0.930 bits per heavy atom. The highest BCUT2D eigenvalue weighted by Crippen LogP contribution is 2.35. The zero-order valence-corrected chi connectivity index (χ0v) is 24.2. The Balaban J connectivity index is 1.14. The van der Waals surface area contributed by atoms with Crippen LogP contribution in [-0.2, 0) is 6.54 Å². The fourth-order valence-electron chi connectivity index (χ4n) is 6.26. The Morgan fingerprint density at radius 2 is 1.58 bits per heavy atom. The van der Waals surface area contributed by atoms with Crippen molar-refractivity contribution in [1.29, 1.82) is 0 Å². The third kappa shape index (κ3) is 7.87. The van der Waals surface area contributed by atoms with E-state index in [0.29, 0.717) is 23.3 Å². The van der Waals surface area contributed by atoms with E-state index in [-0.39, 0.29) is 24.7 Å². The lowest BCUT2D eigenvalue weighted by molar-refractivity contribution is -0.384. The van der Waals surface area contributed by atoms with E-state index in [1.54, 1.807) is 12.1 Å². The van der Waals surface area contributed by atoms with Gasteiger partial charge in [0.2, 0.25) is 0 Å². The molecule has 9 heteroatoms. The van der Waals surface area contributed by atoms with Gasteiger partial charge in [-0.1, -0.05) is 72.8 Å². The van der Waals surface area contributed by atoms with Gasteiger partial charge < -0.3 is 19.8 Å². The lowest BCUT2D eigenvalue weighted by Crippen LogP contribution is -2.38. The average molecular weight is 583 g/mol. The maximum absolute atomic E-state index is 13.3. The van der Waals surface area contributed by atoms with Crippen LogP contribution < -0.4 is 0 Å². The van der Waals surface area contributed by atoms with Gasteiger partial charge in [-0.05, 0) is 61.0 Å². The van der Waals surface area contributed by atoms with Crippen LogP contribution in [0.25, 0.3) is 0 Å². The van der Waals surface area contributed by atoms with Crippen LogP contribution in [0.15, 0.2) is 97.1 Å². The largest absolute Gasteiger partial charge is 0.465 e. The molecule has 2 aliphatic rings. The van der Waals surface area contributed by atoms with Gasteiger partial charge in [-0.25, -0.2) is 4.79 Å². The average Bonchev–Trinajstić information content (AvgIpc) is 3.45. The number of amides is 2. The van der Waals surface area contributed by atoms with E-state index < -0.39 is 11.0 Å². The Kier molecular flexibility index (Phi) is 9.84. The molecule has 5 rings (SSSR count). The molecule has 2 saturated heterocycles. The molecule has 9 nitrogen and oxygen atoms in total. The fourth-order valence-corrected chi connectivity index (χ4v) is 6.26. The number of rotatable bonds is 10. The number of nitro groups is 1. The molecule has 2 atom stereocenters. The number of nitro benzene ring substituents is 1. The Morgan fingerprint density at radius 3 is 2.21 bits per heavy atom. The molecule has 224 valence electrons. The molecule has 43 heavy (non-hydrogen) atoms. The van der Waals surface area contributed by atoms with Crippen LogP contribution >= 0.6 is 0 Å². The molecule has 1 N–H and O–H groups in total. The van der Waals surface area contributed by atoms with Gasteiger partial charge in [0.1, 0.15) is 0 Å². The van der Waals surface area contributed by atoms with E-state index in [9.17, 15) is 24.8 Å². The molecule has 2 aliphatic heterocycles. The third-order valence-corrected chi connectivity index (χ3v) is 8.63. The first kappa shape index (κ1) is 30.0. The second kappa shape index (κ2) is 14.1. The highest BCUT2D eigenvalue weighted by Gasteiger charge is 2.37. The summed E-state index contributed by atoms with van der Waals surface area (Å²) in [6.07, 6.45) is 5.03. The normalized spacial score (nSPS) is 19.5. The topological polar surface area (TPSA) is 107 Å². The Hall–Kier alpha value is -4.50. The van der Waals surface area contributed by atoms with Crippen LogP contribution in [0.2, 0.25) is 0 Å². The minimum absolute atomic E-state index is 0.0154. The number of non-ortho nitro benzene ring substituents is 1. The summed E-state index contributed by atoms with van der Waals surface area (Å²) in [4.78, 5) is 41.3.